The van der Waals surface area contributed by atoms with Gasteiger partial charge in [0.05, 0.1) is 11.1 Å². The zero-order valence-corrected chi connectivity index (χ0v) is 15.2. The van der Waals surface area contributed by atoms with Crippen LogP contribution in [-0.4, -0.2) is 23.3 Å². The van der Waals surface area contributed by atoms with Gasteiger partial charge in [-0.25, -0.2) is 4.79 Å². The van der Waals surface area contributed by atoms with Gasteiger partial charge in [-0.2, -0.15) is 0 Å². The van der Waals surface area contributed by atoms with E-state index in [1.165, 1.54) is 0 Å². The Morgan fingerprint density at radius 1 is 1.08 bits per heavy atom. The van der Waals surface area contributed by atoms with E-state index < -0.39 is 11.4 Å². The van der Waals surface area contributed by atoms with Crippen molar-refractivity contribution >= 4 is 22.7 Å². The quantitative estimate of drug-likeness (QED) is 0.619. The Labute approximate surface area is 148 Å². The highest BCUT2D eigenvalue weighted by molar-refractivity contribution is 6.05. The lowest BCUT2D eigenvalue weighted by atomic mass is 9.91. The molecule has 1 heterocycles. The SMILES string of the molecule is CC(C)(C)C(=O)COC(=O)c1c2c(nc3ccccc13)CCCCC2. The molecule has 0 spiro atoms. The third kappa shape index (κ3) is 3.73. The van der Waals surface area contributed by atoms with E-state index in [0.29, 0.717) is 5.56 Å². The minimum absolute atomic E-state index is 0.0784. The summed E-state index contributed by atoms with van der Waals surface area (Å²) < 4.78 is 5.42. The molecule has 25 heavy (non-hydrogen) atoms. The molecule has 0 amide bonds. The van der Waals surface area contributed by atoms with Gasteiger partial charge in [-0.05, 0) is 37.3 Å². The van der Waals surface area contributed by atoms with Crippen molar-refractivity contribution in [3.8, 4) is 0 Å². The first-order chi connectivity index (χ1) is 11.9. The molecule has 1 aromatic carbocycles. The molecular weight excluding hydrogens is 314 g/mol. The third-order valence-electron chi connectivity index (χ3n) is 4.79. The van der Waals surface area contributed by atoms with Crippen LogP contribution in [0.2, 0.25) is 0 Å². The molecule has 0 radical (unpaired) electrons. The number of carbonyl (C=O) groups is 2. The van der Waals surface area contributed by atoms with Crippen molar-refractivity contribution in [1.82, 2.24) is 4.98 Å². The monoisotopic (exact) mass is 339 g/mol. The normalized spacial score (nSPS) is 14.7. The summed E-state index contributed by atoms with van der Waals surface area (Å²) in [5.41, 5.74) is 2.91. The van der Waals surface area contributed by atoms with Crippen LogP contribution in [0.25, 0.3) is 10.9 Å². The Morgan fingerprint density at radius 3 is 2.56 bits per heavy atom. The van der Waals surface area contributed by atoms with Crippen molar-refractivity contribution in [2.24, 2.45) is 5.41 Å². The fourth-order valence-electron chi connectivity index (χ4n) is 3.20. The molecule has 0 aliphatic heterocycles. The van der Waals surface area contributed by atoms with Crippen LogP contribution in [0.3, 0.4) is 0 Å². The Hall–Kier alpha value is -2.23. The minimum atomic E-state index is -0.516. The standard InChI is InChI=1S/C21H25NO3/c1-21(2,3)18(23)13-25-20(24)19-14-9-5-4-6-11-16(14)22-17-12-8-7-10-15(17)19/h7-8,10,12H,4-6,9,11,13H2,1-3H3. The molecular formula is C21H25NO3. The van der Waals surface area contributed by atoms with Gasteiger partial charge in [0.1, 0.15) is 0 Å². The van der Waals surface area contributed by atoms with Crippen molar-refractivity contribution in [2.45, 2.75) is 52.9 Å². The van der Waals surface area contributed by atoms with Crippen molar-refractivity contribution < 1.29 is 14.3 Å². The van der Waals surface area contributed by atoms with Gasteiger partial charge in [-0.3, -0.25) is 9.78 Å². The fourth-order valence-corrected chi connectivity index (χ4v) is 3.20. The second-order valence-electron chi connectivity index (χ2n) is 7.74. The van der Waals surface area contributed by atoms with Crippen LogP contribution in [0, 0.1) is 5.41 Å². The van der Waals surface area contributed by atoms with Gasteiger partial charge in [-0.15, -0.1) is 0 Å². The average Bonchev–Trinajstić information content (AvgIpc) is 2.81. The van der Waals surface area contributed by atoms with Crippen LogP contribution < -0.4 is 0 Å². The number of hydrogen-bond acceptors (Lipinski definition) is 4. The summed E-state index contributed by atoms with van der Waals surface area (Å²) in [5, 5.41) is 0.816. The van der Waals surface area contributed by atoms with E-state index in [-0.39, 0.29) is 12.4 Å². The lowest BCUT2D eigenvalue weighted by Gasteiger charge is -2.18. The molecule has 2 aromatic rings. The van der Waals surface area contributed by atoms with E-state index in [1.807, 2.05) is 45.0 Å². The summed E-state index contributed by atoms with van der Waals surface area (Å²) in [4.78, 5) is 29.8. The van der Waals surface area contributed by atoms with Crippen molar-refractivity contribution in [2.75, 3.05) is 6.61 Å². The van der Waals surface area contributed by atoms with Gasteiger partial charge in [0.25, 0.3) is 0 Å². The van der Waals surface area contributed by atoms with Crippen LogP contribution in [-0.2, 0) is 22.4 Å². The number of aromatic nitrogens is 1. The Balaban J connectivity index is 2.00. The number of aryl methyl sites for hydroxylation is 1. The summed E-state index contributed by atoms with van der Waals surface area (Å²) in [6, 6.07) is 7.67. The number of benzene rings is 1. The molecule has 1 aliphatic carbocycles. The van der Waals surface area contributed by atoms with Crippen molar-refractivity contribution in [3.63, 3.8) is 0 Å². The molecule has 0 N–H and O–H groups in total. The second kappa shape index (κ2) is 6.95. The van der Waals surface area contributed by atoms with Gasteiger partial charge in [0.15, 0.2) is 12.4 Å². The number of esters is 1. The molecule has 1 aliphatic rings. The highest BCUT2D eigenvalue weighted by Gasteiger charge is 2.26. The number of ketones is 1. The van der Waals surface area contributed by atoms with Crippen LogP contribution in [0.1, 0.15) is 61.6 Å². The summed E-state index contributed by atoms with van der Waals surface area (Å²) in [6.07, 6.45) is 5.01. The summed E-state index contributed by atoms with van der Waals surface area (Å²) >= 11 is 0. The highest BCUT2D eigenvalue weighted by Crippen LogP contribution is 2.29. The van der Waals surface area contributed by atoms with E-state index in [2.05, 4.69) is 0 Å². The molecule has 4 heteroatoms. The number of para-hydroxylation sites is 1. The molecule has 0 saturated heterocycles. The first-order valence-electron chi connectivity index (χ1n) is 8.99. The zero-order valence-electron chi connectivity index (χ0n) is 15.2. The number of carbonyl (C=O) groups excluding carboxylic acids is 2. The van der Waals surface area contributed by atoms with E-state index in [1.54, 1.807) is 0 Å². The number of pyridine rings is 1. The predicted octanol–water partition coefficient (Wildman–Crippen LogP) is 4.28. The number of rotatable bonds is 3. The summed E-state index contributed by atoms with van der Waals surface area (Å²) in [6.45, 7) is 5.30. The predicted molar refractivity (Wildman–Crippen MR) is 97.7 cm³/mol. The number of fused-ring (bicyclic) bond motifs is 2. The van der Waals surface area contributed by atoms with Crippen LogP contribution in [0.15, 0.2) is 24.3 Å². The molecule has 1 aromatic heterocycles. The maximum absolute atomic E-state index is 12.9. The van der Waals surface area contributed by atoms with E-state index in [0.717, 1.165) is 54.3 Å². The van der Waals surface area contributed by atoms with Gasteiger partial charge >= 0.3 is 5.97 Å². The molecule has 0 saturated carbocycles. The molecule has 4 nitrogen and oxygen atoms in total. The maximum Gasteiger partial charge on any atom is 0.339 e. The number of Topliss-reactive ketones (excluding diaryl/α,β-unsaturated/α-hetero) is 1. The Kier molecular flexibility index (Phi) is 4.89. The van der Waals surface area contributed by atoms with Gasteiger partial charge in [0, 0.05) is 16.5 Å². The summed E-state index contributed by atoms with van der Waals surface area (Å²) in [5.74, 6) is -0.486. The Bertz CT molecular complexity index is 818. The molecule has 0 atom stereocenters. The zero-order chi connectivity index (χ0) is 18.0. The maximum atomic E-state index is 12.9. The van der Waals surface area contributed by atoms with Crippen molar-refractivity contribution in [1.29, 1.82) is 0 Å². The summed E-state index contributed by atoms with van der Waals surface area (Å²) in [7, 11) is 0. The van der Waals surface area contributed by atoms with Crippen LogP contribution in [0.4, 0.5) is 0 Å². The molecule has 132 valence electrons. The van der Waals surface area contributed by atoms with Gasteiger partial charge in [0.2, 0.25) is 0 Å². The van der Waals surface area contributed by atoms with Gasteiger partial charge in [-0.1, -0.05) is 45.4 Å². The highest BCUT2D eigenvalue weighted by atomic mass is 16.5. The minimum Gasteiger partial charge on any atom is -0.454 e. The lowest BCUT2D eigenvalue weighted by Crippen LogP contribution is -2.26. The first kappa shape index (κ1) is 17.6. The largest absolute Gasteiger partial charge is 0.454 e. The van der Waals surface area contributed by atoms with E-state index in [4.69, 9.17) is 9.72 Å². The number of nitrogens with zero attached hydrogens (tertiary/aromatic N) is 1. The smallest absolute Gasteiger partial charge is 0.339 e. The van der Waals surface area contributed by atoms with Crippen molar-refractivity contribution in [3.05, 3.63) is 41.1 Å². The molecule has 3 rings (SSSR count). The van der Waals surface area contributed by atoms with E-state index >= 15 is 0 Å². The molecule has 0 fully saturated rings. The second-order valence-corrected chi connectivity index (χ2v) is 7.74. The molecule has 0 unspecified atom stereocenters. The first-order valence-corrected chi connectivity index (χ1v) is 8.99. The van der Waals surface area contributed by atoms with Crippen LogP contribution in [0.5, 0.6) is 0 Å². The third-order valence-corrected chi connectivity index (χ3v) is 4.79. The Morgan fingerprint density at radius 2 is 1.80 bits per heavy atom. The number of hydrogen-bond donors (Lipinski definition) is 0. The van der Waals surface area contributed by atoms with Gasteiger partial charge < -0.3 is 4.74 Å². The van der Waals surface area contributed by atoms with E-state index in [9.17, 15) is 9.59 Å². The van der Waals surface area contributed by atoms with Crippen LogP contribution >= 0.6 is 0 Å². The molecule has 0 bridgehead atoms. The fraction of sp³-hybridized carbons (Fsp3) is 0.476. The topological polar surface area (TPSA) is 56.3 Å². The number of ether oxygens (including phenoxy) is 1. The lowest BCUT2D eigenvalue weighted by molar-refractivity contribution is -0.129. The average molecular weight is 339 g/mol.